The first-order chi connectivity index (χ1) is 10.7. The molecular formula is C17H26N2O3. The number of aliphatic hydroxyl groups excluding tert-OH is 1. The smallest absolute Gasteiger partial charge is 0.282 e. The molecule has 2 atom stereocenters. The molecule has 0 saturated heterocycles. The molecule has 0 radical (unpaired) electrons. The summed E-state index contributed by atoms with van der Waals surface area (Å²) in [5.41, 5.74) is 8.19. The summed E-state index contributed by atoms with van der Waals surface area (Å²) < 4.78 is 0. The van der Waals surface area contributed by atoms with Crippen molar-refractivity contribution in [3.8, 4) is 5.75 Å². The first kappa shape index (κ1) is 16.8. The third-order valence-corrected chi connectivity index (χ3v) is 4.32. The first-order valence-electron chi connectivity index (χ1n) is 8.12. The van der Waals surface area contributed by atoms with Crippen molar-refractivity contribution in [2.24, 2.45) is 11.7 Å². The minimum Gasteiger partial charge on any atom is -0.381 e. The second-order valence-corrected chi connectivity index (χ2v) is 6.07. The second kappa shape index (κ2) is 8.76. The van der Waals surface area contributed by atoms with Gasteiger partial charge in [0, 0.05) is 6.04 Å². The number of hydrogen-bond donors (Lipinski definition) is 3. The van der Waals surface area contributed by atoms with Gasteiger partial charge >= 0.3 is 0 Å². The summed E-state index contributed by atoms with van der Waals surface area (Å²) in [7, 11) is 0. The molecule has 5 heteroatoms. The second-order valence-electron chi connectivity index (χ2n) is 6.07. The van der Waals surface area contributed by atoms with Crippen LogP contribution in [0.5, 0.6) is 5.75 Å². The fraction of sp³-hybridized carbons (Fsp3) is 0.588. The summed E-state index contributed by atoms with van der Waals surface area (Å²) >= 11 is 0. The van der Waals surface area contributed by atoms with Crippen LogP contribution in [0.1, 0.15) is 44.9 Å². The molecule has 1 aliphatic rings. The predicted molar refractivity (Wildman–Crippen MR) is 85.0 cm³/mol. The number of amides is 1. The SMILES string of the molecule is NC(CCC1CCCCC1)C(O)C(=O)NOc1ccccc1. The molecule has 122 valence electrons. The number of hydrogen-bond acceptors (Lipinski definition) is 4. The van der Waals surface area contributed by atoms with Crippen molar-refractivity contribution in [2.45, 2.75) is 57.1 Å². The van der Waals surface area contributed by atoms with Gasteiger partial charge < -0.3 is 15.7 Å². The van der Waals surface area contributed by atoms with Crippen LogP contribution in [0.15, 0.2) is 30.3 Å². The van der Waals surface area contributed by atoms with Gasteiger partial charge in [-0.15, -0.1) is 0 Å². The lowest BCUT2D eigenvalue weighted by Crippen LogP contribution is -2.47. The third kappa shape index (κ3) is 5.31. The molecule has 0 aromatic heterocycles. The van der Waals surface area contributed by atoms with E-state index in [1.807, 2.05) is 6.07 Å². The van der Waals surface area contributed by atoms with E-state index in [-0.39, 0.29) is 0 Å². The van der Waals surface area contributed by atoms with Gasteiger partial charge in [-0.2, -0.15) is 5.48 Å². The molecule has 1 saturated carbocycles. The van der Waals surface area contributed by atoms with Crippen LogP contribution in [0, 0.1) is 5.92 Å². The highest BCUT2D eigenvalue weighted by Crippen LogP contribution is 2.27. The molecule has 0 aliphatic heterocycles. The number of carbonyl (C=O) groups excluding carboxylic acids is 1. The molecule has 1 amide bonds. The van der Waals surface area contributed by atoms with E-state index < -0.39 is 18.1 Å². The summed E-state index contributed by atoms with van der Waals surface area (Å²) in [6.07, 6.45) is 6.77. The van der Waals surface area contributed by atoms with E-state index in [1.165, 1.54) is 32.1 Å². The largest absolute Gasteiger partial charge is 0.381 e. The molecule has 1 aromatic rings. The van der Waals surface area contributed by atoms with Crippen molar-refractivity contribution >= 4 is 5.91 Å². The zero-order chi connectivity index (χ0) is 15.8. The van der Waals surface area contributed by atoms with Gasteiger partial charge in [-0.3, -0.25) is 4.79 Å². The maximum Gasteiger partial charge on any atom is 0.282 e. The van der Waals surface area contributed by atoms with Gasteiger partial charge in [-0.05, 0) is 30.9 Å². The molecular weight excluding hydrogens is 280 g/mol. The van der Waals surface area contributed by atoms with Crippen LogP contribution in [0.25, 0.3) is 0 Å². The fourth-order valence-electron chi connectivity index (χ4n) is 2.91. The lowest BCUT2D eigenvalue weighted by Gasteiger charge is -2.24. The number of nitrogens with one attached hydrogen (secondary N) is 1. The maximum absolute atomic E-state index is 11.8. The van der Waals surface area contributed by atoms with E-state index in [0.717, 1.165) is 6.42 Å². The van der Waals surface area contributed by atoms with Crippen LogP contribution in [0.2, 0.25) is 0 Å². The Morgan fingerprint density at radius 2 is 1.95 bits per heavy atom. The summed E-state index contributed by atoms with van der Waals surface area (Å²) in [5, 5.41) is 9.98. The monoisotopic (exact) mass is 306 g/mol. The van der Waals surface area contributed by atoms with Gasteiger partial charge in [-0.1, -0.05) is 50.3 Å². The van der Waals surface area contributed by atoms with Gasteiger partial charge in [0.2, 0.25) is 0 Å². The number of hydroxylamine groups is 1. The number of carbonyl (C=O) groups is 1. The topological polar surface area (TPSA) is 84.6 Å². The van der Waals surface area contributed by atoms with E-state index in [4.69, 9.17) is 10.6 Å². The molecule has 1 aliphatic carbocycles. The van der Waals surface area contributed by atoms with Crippen LogP contribution in [0.3, 0.4) is 0 Å². The Bertz CT molecular complexity index is 446. The lowest BCUT2D eigenvalue weighted by molar-refractivity contribution is -0.137. The van der Waals surface area contributed by atoms with Gasteiger partial charge in [0.1, 0.15) is 0 Å². The Morgan fingerprint density at radius 1 is 1.27 bits per heavy atom. The minimum atomic E-state index is -1.24. The Hall–Kier alpha value is -1.59. The van der Waals surface area contributed by atoms with Crippen LogP contribution in [-0.4, -0.2) is 23.2 Å². The van der Waals surface area contributed by atoms with Gasteiger partial charge in [0.25, 0.3) is 5.91 Å². The van der Waals surface area contributed by atoms with Gasteiger partial charge in [-0.25, -0.2) is 0 Å². The van der Waals surface area contributed by atoms with E-state index in [9.17, 15) is 9.90 Å². The summed E-state index contributed by atoms with van der Waals surface area (Å²) in [6, 6.07) is 8.33. The fourth-order valence-corrected chi connectivity index (χ4v) is 2.91. The quantitative estimate of drug-likeness (QED) is 0.674. The Morgan fingerprint density at radius 3 is 2.64 bits per heavy atom. The normalized spacial score (nSPS) is 18.5. The van der Waals surface area contributed by atoms with Crippen LogP contribution < -0.4 is 16.1 Å². The maximum atomic E-state index is 11.8. The highest BCUT2D eigenvalue weighted by molar-refractivity contribution is 5.80. The number of nitrogens with two attached hydrogens (primary N) is 1. The third-order valence-electron chi connectivity index (χ3n) is 4.32. The molecule has 2 rings (SSSR count). The van der Waals surface area contributed by atoms with Gasteiger partial charge in [0.15, 0.2) is 11.9 Å². The molecule has 1 aromatic carbocycles. The zero-order valence-corrected chi connectivity index (χ0v) is 12.9. The molecule has 1 fully saturated rings. The average molecular weight is 306 g/mol. The van der Waals surface area contributed by atoms with Crippen molar-refractivity contribution < 1.29 is 14.7 Å². The number of benzene rings is 1. The van der Waals surface area contributed by atoms with Crippen molar-refractivity contribution in [1.29, 1.82) is 0 Å². The summed E-state index contributed by atoms with van der Waals surface area (Å²) in [4.78, 5) is 17.0. The first-order valence-corrected chi connectivity index (χ1v) is 8.12. The molecule has 2 unspecified atom stereocenters. The standard InChI is InChI=1S/C17H26N2O3/c18-15(12-11-13-7-3-1-4-8-13)16(20)17(21)19-22-14-9-5-2-6-10-14/h2,5-6,9-10,13,15-16,20H,1,3-4,7-8,11-12,18H2,(H,19,21). The van der Waals surface area contributed by atoms with Crippen LogP contribution in [0.4, 0.5) is 0 Å². The minimum absolute atomic E-state index is 0.513. The Kier molecular flexibility index (Phi) is 6.68. The van der Waals surface area contributed by atoms with E-state index in [1.54, 1.807) is 24.3 Å². The van der Waals surface area contributed by atoms with Crippen LogP contribution in [-0.2, 0) is 4.79 Å². The lowest BCUT2D eigenvalue weighted by atomic mass is 9.85. The molecule has 5 nitrogen and oxygen atoms in total. The number of aliphatic hydroxyl groups is 1. The van der Waals surface area contributed by atoms with E-state index in [0.29, 0.717) is 18.1 Å². The van der Waals surface area contributed by atoms with Crippen molar-refractivity contribution in [1.82, 2.24) is 5.48 Å². The van der Waals surface area contributed by atoms with Crippen LogP contribution >= 0.6 is 0 Å². The highest BCUT2D eigenvalue weighted by atomic mass is 16.7. The van der Waals surface area contributed by atoms with Gasteiger partial charge in [0.05, 0.1) is 0 Å². The van der Waals surface area contributed by atoms with Crippen molar-refractivity contribution in [3.63, 3.8) is 0 Å². The van der Waals surface area contributed by atoms with Crippen molar-refractivity contribution in [3.05, 3.63) is 30.3 Å². The Balaban J connectivity index is 1.69. The number of rotatable bonds is 7. The number of para-hydroxylation sites is 1. The molecule has 4 N–H and O–H groups in total. The van der Waals surface area contributed by atoms with E-state index >= 15 is 0 Å². The predicted octanol–water partition coefficient (Wildman–Crippen LogP) is 2.15. The molecule has 0 spiro atoms. The highest BCUT2D eigenvalue weighted by Gasteiger charge is 2.24. The molecule has 0 heterocycles. The van der Waals surface area contributed by atoms with Crippen molar-refractivity contribution in [2.75, 3.05) is 0 Å². The average Bonchev–Trinajstić information content (AvgIpc) is 2.58. The summed E-state index contributed by atoms with van der Waals surface area (Å²) in [5.74, 6) is 0.606. The Labute approximate surface area is 131 Å². The molecule has 0 bridgehead atoms. The zero-order valence-electron chi connectivity index (χ0n) is 12.9. The molecule has 22 heavy (non-hydrogen) atoms. The van der Waals surface area contributed by atoms with E-state index in [2.05, 4.69) is 5.48 Å². The summed E-state index contributed by atoms with van der Waals surface area (Å²) in [6.45, 7) is 0.